The molecule has 0 aliphatic carbocycles. The summed E-state index contributed by atoms with van der Waals surface area (Å²) in [5.74, 6) is 1.08. The second-order valence-electron chi connectivity index (χ2n) is 8.05. The lowest BCUT2D eigenvalue weighted by Gasteiger charge is -2.28. The lowest BCUT2D eigenvalue weighted by molar-refractivity contribution is -0.121. The molecule has 1 aliphatic heterocycles. The number of aryl methyl sites for hydroxylation is 1. The second kappa shape index (κ2) is 9.78. The van der Waals surface area contributed by atoms with Gasteiger partial charge in [-0.3, -0.25) is 19.1 Å². The van der Waals surface area contributed by atoms with Crippen molar-refractivity contribution in [1.82, 2.24) is 19.8 Å². The maximum Gasteiger partial charge on any atom is 0.257 e. The monoisotopic (exact) mass is 432 g/mol. The third-order valence-corrected chi connectivity index (χ3v) is 5.77. The molecule has 1 aliphatic rings. The van der Waals surface area contributed by atoms with Crippen molar-refractivity contribution in [3.8, 4) is 5.75 Å². The standard InChI is InChI=1S/C25H28N4O3/c1-18-27-23-16-28(15-19-7-4-3-5-8-19)12-11-22(23)25(31)29(18)17-24(30)26-14-20-9-6-10-21(13-20)32-2/h3-10,13H,11-12,14-17H2,1-2H3,(H,26,30). The third kappa shape index (κ3) is 5.06. The molecule has 2 aromatic carbocycles. The number of fused-ring (bicyclic) bond motifs is 1. The minimum atomic E-state index is -0.221. The SMILES string of the molecule is COc1cccc(CNC(=O)Cn2c(C)nc3c(c2=O)CCN(Cc2ccccc2)C3)c1. The van der Waals surface area contributed by atoms with Crippen LogP contribution in [0.4, 0.5) is 0 Å². The molecule has 2 heterocycles. The lowest BCUT2D eigenvalue weighted by atomic mass is 10.1. The molecule has 3 aromatic rings. The molecule has 0 bridgehead atoms. The quantitative estimate of drug-likeness (QED) is 0.621. The van der Waals surface area contributed by atoms with E-state index in [-0.39, 0.29) is 18.0 Å². The second-order valence-corrected chi connectivity index (χ2v) is 8.05. The van der Waals surface area contributed by atoms with E-state index in [1.54, 1.807) is 14.0 Å². The Morgan fingerprint density at radius 3 is 2.69 bits per heavy atom. The summed E-state index contributed by atoms with van der Waals surface area (Å²) < 4.78 is 6.69. The van der Waals surface area contributed by atoms with Gasteiger partial charge in [-0.2, -0.15) is 0 Å². The van der Waals surface area contributed by atoms with Gasteiger partial charge in [0.2, 0.25) is 5.91 Å². The van der Waals surface area contributed by atoms with Crippen LogP contribution >= 0.6 is 0 Å². The Hall–Kier alpha value is -3.45. The Kier molecular flexibility index (Phi) is 6.66. The fourth-order valence-corrected chi connectivity index (χ4v) is 4.04. The first-order chi connectivity index (χ1) is 15.5. The first-order valence-corrected chi connectivity index (χ1v) is 10.8. The first-order valence-electron chi connectivity index (χ1n) is 10.8. The molecule has 7 nitrogen and oxygen atoms in total. The van der Waals surface area contributed by atoms with Crippen LogP contribution in [0.25, 0.3) is 0 Å². The normalized spacial score (nSPS) is 13.4. The molecule has 1 aromatic heterocycles. The van der Waals surface area contributed by atoms with Crippen molar-refractivity contribution in [2.75, 3.05) is 13.7 Å². The predicted molar refractivity (Wildman–Crippen MR) is 122 cm³/mol. The van der Waals surface area contributed by atoms with E-state index in [9.17, 15) is 9.59 Å². The third-order valence-electron chi connectivity index (χ3n) is 5.77. The van der Waals surface area contributed by atoms with Crippen LogP contribution < -0.4 is 15.6 Å². The molecule has 1 N–H and O–H groups in total. The van der Waals surface area contributed by atoms with Gasteiger partial charge >= 0.3 is 0 Å². The predicted octanol–water partition coefficient (Wildman–Crippen LogP) is 2.44. The number of nitrogens with one attached hydrogen (secondary N) is 1. The smallest absolute Gasteiger partial charge is 0.257 e. The van der Waals surface area contributed by atoms with Gasteiger partial charge in [-0.25, -0.2) is 4.98 Å². The first kappa shape index (κ1) is 21.8. The van der Waals surface area contributed by atoms with Crippen molar-refractivity contribution in [1.29, 1.82) is 0 Å². The summed E-state index contributed by atoms with van der Waals surface area (Å²) in [5, 5.41) is 2.88. The Morgan fingerprint density at radius 1 is 1.12 bits per heavy atom. The van der Waals surface area contributed by atoms with Crippen LogP contribution in [0.2, 0.25) is 0 Å². The summed E-state index contributed by atoms with van der Waals surface area (Å²) in [6.45, 7) is 4.39. The van der Waals surface area contributed by atoms with Crippen LogP contribution in [0, 0.1) is 6.92 Å². The molecule has 0 unspecified atom stereocenters. The number of carbonyl (C=O) groups excluding carboxylic acids is 1. The number of aromatic nitrogens is 2. The zero-order chi connectivity index (χ0) is 22.5. The fraction of sp³-hybridized carbons (Fsp3) is 0.320. The van der Waals surface area contributed by atoms with Crippen molar-refractivity contribution in [2.45, 2.75) is 39.5 Å². The molecule has 32 heavy (non-hydrogen) atoms. The van der Waals surface area contributed by atoms with Crippen LogP contribution in [-0.2, 0) is 37.4 Å². The van der Waals surface area contributed by atoms with Gasteiger partial charge in [0.25, 0.3) is 5.56 Å². The highest BCUT2D eigenvalue weighted by atomic mass is 16.5. The van der Waals surface area contributed by atoms with Gasteiger partial charge in [0.15, 0.2) is 0 Å². The van der Waals surface area contributed by atoms with Gasteiger partial charge in [0.05, 0.1) is 12.8 Å². The van der Waals surface area contributed by atoms with Crippen molar-refractivity contribution in [3.05, 3.63) is 93.2 Å². The van der Waals surface area contributed by atoms with Crippen LogP contribution in [0.3, 0.4) is 0 Å². The van der Waals surface area contributed by atoms with Crippen LogP contribution in [0.1, 0.15) is 28.2 Å². The highest BCUT2D eigenvalue weighted by molar-refractivity contribution is 5.75. The summed E-state index contributed by atoms with van der Waals surface area (Å²) >= 11 is 0. The van der Waals surface area contributed by atoms with Crippen LogP contribution in [0.5, 0.6) is 5.75 Å². The maximum atomic E-state index is 13.1. The molecule has 0 atom stereocenters. The average Bonchev–Trinajstić information content (AvgIpc) is 2.81. The van der Waals surface area contributed by atoms with E-state index in [1.807, 2.05) is 42.5 Å². The molecule has 1 amide bonds. The number of hydrogen-bond donors (Lipinski definition) is 1. The van der Waals surface area contributed by atoms with Crippen molar-refractivity contribution in [2.24, 2.45) is 0 Å². The zero-order valence-corrected chi connectivity index (χ0v) is 18.5. The molecule has 4 rings (SSSR count). The number of amides is 1. The molecule has 0 radical (unpaired) electrons. The number of rotatable bonds is 7. The lowest BCUT2D eigenvalue weighted by Crippen LogP contribution is -2.40. The Labute approximate surface area is 187 Å². The number of methoxy groups -OCH3 is 1. The summed E-state index contributed by atoms with van der Waals surface area (Å²) in [6.07, 6.45) is 0.639. The van der Waals surface area contributed by atoms with Crippen molar-refractivity contribution < 1.29 is 9.53 Å². The summed E-state index contributed by atoms with van der Waals surface area (Å²) in [5.41, 5.74) is 3.61. The van der Waals surface area contributed by atoms with Crippen LogP contribution in [-0.4, -0.2) is 34.0 Å². The zero-order valence-electron chi connectivity index (χ0n) is 18.5. The summed E-state index contributed by atoms with van der Waals surface area (Å²) in [7, 11) is 1.61. The Morgan fingerprint density at radius 2 is 1.91 bits per heavy atom. The Balaban J connectivity index is 1.42. The molecular weight excluding hydrogens is 404 g/mol. The molecule has 166 valence electrons. The number of ether oxygens (including phenoxy) is 1. The topological polar surface area (TPSA) is 76.5 Å². The number of carbonyl (C=O) groups is 1. The number of nitrogens with zero attached hydrogens (tertiary/aromatic N) is 3. The minimum Gasteiger partial charge on any atom is -0.497 e. The summed E-state index contributed by atoms with van der Waals surface area (Å²) in [6, 6.07) is 17.8. The van der Waals surface area contributed by atoms with Gasteiger partial charge in [0, 0.05) is 31.7 Å². The van der Waals surface area contributed by atoms with Crippen LogP contribution in [0.15, 0.2) is 59.4 Å². The number of hydrogen-bond acceptors (Lipinski definition) is 5. The van der Waals surface area contributed by atoms with Gasteiger partial charge in [0.1, 0.15) is 18.1 Å². The molecular formula is C25H28N4O3. The molecule has 0 saturated carbocycles. The summed E-state index contributed by atoms with van der Waals surface area (Å²) in [4.78, 5) is 32.6. The van der Waals surface area contributed by atoms with Crippen molar-refractivity contribution >= 4 is 5.91 Å². The molecule has 0 fully saturated rings. The van der Waals surface area contributed by atoms with E-state index < -0.39 is 0 Å². The fourth-order valence-electron chi connectivity index (χ4n) is 4.04. The highest BCUT2D eigenvalue weighted by Gasteiger charge is 2.23. The average molecular weight is 433 g/mol. The van der Waals surface area contributed by atoms with E-state index in [4.69, 9.17) is 4.74 Å². The maximum absolute atomic E-state index is 13.1. The molecule has 0 saturated heterocycles. The molecule has 7 heteroatoms. The van der Waals surface area contributed by atoms with E-state index >= 15 is 0 Å². The van der Waals surface area contributed by atoms with Gasteiger partial charge in [-0.1, -0.05) is 42.5 Å². The van der Waals surface area contributed by atoms with Gasteiger partial charge in [-0.15, -0.1) is 0 Å². The van der Waals surface area contributed by atoms with E-state index in [2.05, 4.69) is 27.3 Å². The highest BCUT2D eigenvalue weighted by Crippen LogP contribution is 2.17. The van der Waals surface area contributed by atoms with E-state index in [0.717, 1.165) is 35.7 Å². The number of benzene rings is 2. The van der Waals surface area contributed by atoms with Gasteiger partial charge in [-0.05, 0) is 36.6 Å². The molecule has 0 spiro atoms. The van der Waals surface area contributed by atoms with E-state index in [0.29, 0.717) is 25.3 Å². The van der Waals surface area contributed by atoms with Gasteiger partial charge < -0.3 is 10.1 Å². The van der Waals surface area contributed by atoms with E-state index in [1.165, 1.54) is 10.1 Å². The minimum absolute atomic E-state index is 0.0390. The Bertz CT molecular complexity index is 1160. The largest absolute Gasteiger partial charge is 0.497 e. The van der Waals surface area contributed by atoms with Crippen molar-refractivity contribution in [3.63, 3.8) is 0 Å².